The summed E-state index contributed by atoms with van der Waals surface area (Å²) in [5.41, 5.74) is 3.80. The number of carbonyl (C=O) groups is 2. The van der Waals surface area contributed by atoms with Gasteiger partial charge in [0, 0.05) is 37.7 Å². The molecule has 0 aliphatic carbocycles. The lowest BCUT2D eigenvalue weighted by molar-refractivity contribution is -0.146. The number of nitrogens with zero attached hydrogens (tertiary/aromatic N) is 3. The lowest BCUT2D eigenvalue weighted by Gasteiger charge is -2.44. The monoisotopic (exact) mass is 422 g/mol. The molecule has 1 aromatic heterocycles. The molecule has 2 aromatic rings. The number of rotatable bonds is 2. The Morgan fingerprint density at radius 3 is 2.58 bits per heavy atom. The minimum atomic E-state index is -0.315. The summed E-state index contributed by atoms with van der Waals surface area (Å²) >= 11 is 0. The van der Waals surface area contributed by atoms with Gasteiger partial charge in [0.1, 0.15) is 5.60 Å². The Balaban J connectivity index is 1.17. The third-order valence-corrected chi connectivity index (χ3v) is 7.31. The van der Waals surface area contributed by atoms with E-state index in [4.69, 9.17) is 4.74 Å². The van der Waals surface area contributed by atoms with Crippen molar-refractivity contribution in [3.8, 4) is 0 Å². The molecule has 3 aliphatic heterocycles. The van der Waals surface area contributed by atoms with Crippen LogP contribution in [0.25, 0.3) is 0 Å². The van der Waals surface area contributed by atoms with Crippen molar-refractivity contribution in [1.82, 2.24) is 20.0 Å². The largest absolute Gasteiger partial charge is 0.368 e. The first-order valence-electron chi connectivity index (χ1n) is 11.4. The van der Waals surface area contributed by atoms with Gasteiger partial charge in [-0.3, -0.25) is 14.7 Å². The number of hydrogen-bond acceptors (Lipinski definition) is 4. The second kappa shape index (κ2) is 8.11. The van der Waals surface area contributed by atoms with Gasteiger partial charge in [0.2, 0.25) is 5.91 Å². The average molecular weight is 423 g/mol. The molecule has 2 saturated heterocycles. The number of ether oxygens (including phenoxy) is 1. The Hall–Kier alpha value is -2.67. The Kier molecular flexibility index (Phi) is 5.30. The van der Waals surface area contributed by atoms with Crippen LogP contribution in [-0.4, -0.2) is 64.6 Å². The zero-order valence-electron chi connectivity index (χ0n) is 18.1. The summed E-state index contributed by atoms with van der Waals surface area (Å²) in [6.45, 7) is 5.38. The molecule has 31 heavy (non-hydrogen) atoms. The summed E-state index contributed by atoms with van der Waals surface area (Å²) in [6.07, 6.45) is 5.88. The van der Waals surface area contributed by atoms with Crippen molar-refractivity contribution in [2.24, 2.45) is 5.92 Å². The van der Waals surface area contributed by atoms with Gasteiger partial charge in [0.25, 0.3) is 5.91 Å². The molecule has 2 fully saturated rings. The molecule has 1 spiro atoms. The SMILES string of the molecule is Cc1ccccc1C(=O)N1CCC(C(=O)N2CCC3(CC2)OCCc2cn[nH]c23)CC1. The van der Waals surface area contributed by atoms with Gasteiger partial charge in [-0.25, -0.2) is 0 Å². The van der Waals surface area contributed by atoms with E-state index >= 15 is 0 Å². The van der Waals surface area contributed by atoms with Crippen LogP contribution in [0.2, 0.25) is 0 Å². The van der Waals surface area contributed by atoms with Crippen LogP contribution in [0.5, 0.6) is 0 Å². The van der Waals surface area contributed by atoms with E-state index in [1.807, 2.05) is 47.2 Å². The quantitative estimate of drug-likeness (QED) is 0.807. The van der Waals surface area contributed by atoms with Crippen molar-refractivity contribution < 1.29 is 14.3 Å². The average Bonchev–Trinajstić information content (AvgIpc) is 3.30. The molecule has 0 unspecified atom stereocenters. The van der Waals surface area contributed by atoms with E-state index in [1.165, 1.54) is 5.56 Å². The number of H-pyrrole nitrogens is 1. The van der Waals surface area contributed by atoms with Gasteiger partial charge in [-0.05, 0) is 56.2 Å². The first kappa shape index (κ1) is 20.2. The summed E-state index contributed by atoms with van der Waals surface area (Å²) < 4.78 is 6.20. The number of aromatic nitrogens is 2. The van der Waals surface area contributed by atoms with Gasteiger partial charge < -0.3 is 14.5 Å². The predicted octanol–water partition coefficient (Wildman–Crippen LogP) is 2.66. The van der Waals surface area contributed by atoms with Crippen LogP contribution in [0.4, 0.5) is 0 Å². The van der Waals surface area contributed by atoms with Crippen LogP contribution in [-0.2, 0) is 21.6 Å². The zero-order chi connectivity index (χ0) is 21.4. The molecular weight excluding hydrogens is 392 g/mol. The van der Waals surface area contributed by atoms with E-state index in [9.17, 15) is 9.59 Å². The maximum absolute atomic E-state index is 13.2. The highest BCUT2D eigenvalue weighted by Gasteiger charge is 2.44. The topological polar surface area (TPSA) is 78.5 Å². The number of likely N-dealkylation sites (tertiary alicyclic amines) is 2. The van der Waals surface area contributed by atoms with Gasteiger partial charge in [-0.15, -0.1) is 0 Å². The maximum atomic E-state index is 13.2. The van der Waals surface area contributed by atoms with E-state index in [2.05, 4.69) is 10.2 Å². The van der Waals surface area contributed by atoms with E-state index in [0.717, 1.165) is 48.9 Å². The van der Waals surface area contributed by atoms with E-state index < -0.39 is 0 Å². The molecule has 0 saturated carbocycles. The molecule has 0 bridgehead atoms. The fourth-order valence-corrected chi connectivity index (χ4v) is 5.38. The Morgan fingerprint density at radius 1 is 1.10 bits per heavy atom. The third kappa shape index (κ3) is 3.65. The van der Waals surface area contributed by atoms with Crippen LogP contribution < -0.4 is 0 Å². The smallest absolute Gasteiger partial charge is 0.254 e. The van der Waals surface area contributed by atoms with E-state index in [1.54, 1.807) is 0 Å². The van der Waals surface area contributed by atoms with Crippen LogP contribution in [0.1, 0.15) is 52.9 Å². The van der Waals surface area contributed by atoms with Crippen molar-refractivity contribution >= 4 is 11.8 Å². The van der Waals surface area contributed by atoms with Crippen molar-refractivity contribution in [2.45, 2.75) is 44.6 Å². The minimum Gasteiger partial charge on any atom is -0.368 e. The molecule has 1 aromatic carbocycles. The molecule has 4 heterocycles. The number of benzene rings is 1. The Bertz CT molecular complexity index is 969. The van der Waals surface area contributed by atoms with Gasteiger partial charge in [0.05, 0.1) is 18.5 Å². The number of amides is 2. The van der Waals surface area contributed by atoms with Crippen LogP contribution >= 0.6 is 0 Å². The summed E-state index contributed by atoms with van der Waals surface area (Å²) in [7, 11) is 0. The Morgan fingerprint density at radius 2 is 1.84 bits per heavy atom. The molecule has 3 aliphatic rings. The van der Waals surface area contributed by atoms with Crippen molar-refractivity contribution in [3.63, 3.8) is 0 Å². The highest BCUT2D eigenvalue weighted by Crippen LogP contribution is 2.40. The van der Waals surface area contributed by atoms with Crippen LogP contribution in [0.15, 0.2) is 30.5 Å². The molecule has 0 atom stereocenters. The summed E-state index contributed by atoms with van der Waals surface area (Å²) in [6, 6.07) is 7.71. The molecule has 5 rings (SSSR count). The molecule has 1 N–H and O–H groups in total. The van der Waals surface area contributed by atoms with Crippen molar-refractivity contribution in [2.75, 3.05) is 32.8 Å². The zero-order valence-corrected chi connectivity index (χ0v) is 18.1. The normalized spacial score (nSPS) is 21.2. The first-order valence-corrected chi connectivity index (χ1v) is 11.4. The highest BCUT2D eigenvalue weighted by molar-refractivity contribution is 5.95. The number of nitrogens with one attached hydrogen (secondary N) is 1. The van der Waals surface area contributed by atoms with Gasteiger partial charge in [-0.1, -0.05) is 18.2 Å². The number of piperidine rings is 2. The Labute approximate surface area is 182 Å². The first-order chi connectivity index (χ1) is 15.1. The number of aromatic amines is 1. The van der Waals surface area contributed by atoms with E-state index in [-0.39, 0.29) is 23.3 Å². The molecule has 7 heteroatoms. The fraction of sp³-hybridized carbons (Fsp3) is 0.542. The van der Waals surface area contributed by atoms with Gasteiger partial charge in [0.15, 0.2) is 0 Å². The lowest BCUT2D eigenvalue weighted by atomic mass is 9.83. The van der Waals surface area contributed by atoms with E-state index in [0.29, 0.717) is 32.8 Å². The van der Waals surface area contributed by atoms with Gasteiger partial charge in [-0.2, -0.15) is 5.10 Å². The summed E-state index contributed by atoms with van der Waals surface area (Å²) in [4.78, 5) is 29.9. The predicted molar refractivity (Wildman–Crippen MR) is 116 cm³/mol. The number of fused-ring (bicyclic) bond motifs is 2. The number of hydrogen-bond donors (Lipinski definition) is 1. The lowest BCUT2D eigenvalue weighted by Crippen LogP contribution is -2.51. The standard InChI is InChI=1S/C24H30N4O3/c1-17-4-2-3-5-20(17)23(30)27-11-6-18(7-12-27)22(29)28-13-9-24(10-14-28)21-19(8-15-31-24)16-25-26-21/h2-5,16,18H,6-15H2,1H3,(H,25,26). The van der Waals surface area contributed by atoms with Gasteiger partial charge >= 0.3 is 0 Å². The minimum absolute atomic E-state index is 0.00459. The molecule has 2 amide bonds. The summed E-state index contributed by atoms with van der Waals surface area (Å²) in [5.74, 6) is 0.317. The molecule has 0 radical (unpaired) electrons. The molecular formula is C24H30N4O3. The summed E-state index contributed by atoms with van der Waals surface area (Å²) in [5, 5.41) is 7.35. The van der Waals surface area contributed by atoms with Crippen LogP contribution in [0.3, 0.4) is 0 Å². The van der Waals surface area contributed by atoms with Crippen molar-refractivity contribution in [1.29, 1.82) is 0 Å². The molecule has 7 nitrogen and oxygen atoms in total. The maximum Gasteiger partial charge on any atom is 0.254 e. The fourth-order valence-electron chi connectivity index (χ4n) is 5.38. The second-order valence-corrected chi connectivity index (χ2v) is 9.07. The third-order valence-electron chi connectivity index (χ3n) is 7.31. The molecule has 164 valence electrons. The van der Waals surface area contributed by atoms with Crippen molar-refractivity contribution in [3.05, 3.63) is 52.8 Å². The highest BCUT2D eigenvalue weighted by atomic mass is 16.5. The number of carbonyl (C=O) groups excluding carboxylic acids is 2. The second-order valence-electron chi connectivity index (χ2n) is 9.07. The number of aryl methyl sites for hydroxylation is 1. The van der Waals surface area contributed by atoms with Crippen LogP contribution in [0, 0.1) is 12.8 Å².